The number of piperidine rings is 1. The number of hydrogen-bond donors (Lipinski definition) is 2. The topological polar surface area (TPSA) is 66.0 Å². The van der Waals surface area contributed by atoms with Crippen molar-refractivity contribution in [3.8, 4) is 0 Å². The summed E-state index contributed by atoms with van der Waals surface area (Å²) in [6.07, 6.45) is 5.94. The average molecular weight is 445 g/mol. The number of hydrogen-bond acceptors (Lipinski definition) is 7. The average Bonchev–Trinajstić information content (AvgIpc) is 3.20. The summed E-state index contributed by atoms with van der Waals surface area (Å²) in [5.41, 5.74) is 5.54. The Hall–Kier alpha value is -3.03. The Balaban J connectivity index is 1.29. The molecule has 0 saturated carbocycles. The molecule has 0 atom stereocenters. The molecule has 1 fully saturated rings. The van der Waals surface area contributed by atoms with Crippen LogP contribution in [0, 0.1) is 13.8 Å². The third kappa shape index (κ3) is 4.89. The van der Waals surface area contributed by atoms with Gasteiger partial charge in [-0.3, -0.25) is 4.90 Å². The Morgan fingerprint density at radius 2 is 1.72 bits per heavy atom. The van der Waals surface area contributed by atoms with Gasteiger partial charge in [0.2, 0.25) is 0 Å². The molecule has 2 N–H and O–H groups in total. The van der Waals surface area contributed by atoms with Gasteiger partial charge in [-0.15, -0.1) is 0 Å². The highest BCUT2D eigenvalue weighted by molar-refractivity contribution is 7.21. The molecule has 6 nitrogen and oxygen atoms in total. The molecule has 0 aliphatic carbocycles. The van der Waals surface area contributed by atoms with Crippen molar-refractivity contribution in [2.24, 2.45) is 0 Å². The molecule has 4 heterocycles. The maximum atomic E-state index is 4.77. The Morgan fingerprint density at radius 1 is 0.906 bits per heavy atom. The first kappa shape index (κ1) is 20.8. The Morgan fingerprint density at radius 3 is 2.47 bits per heavy atom. The van der Waals surface area contributed by atoms with Crippen LogP contribution in [-0.4, -0.2) is 32.9 Å². The largest absolute Gasteiger partial charge is 0.340 e. The summed E-state index contributed by atoms with van der Waals surface area (Å²) in [5.74, 6) is 1.64. The highest BCUT2D eigenvalue weighted by atomic mass is 32.1. The van der Waals surface area contributed by atoms with Crippen LogP contribution in [0.2, 0.25) is 0 Å². The lowest BCUT2D eigenvalue weighted by molar-refractivity contribution is 0.220. The maximum Gasteiger partial charge on any atom is 0.190 e. The molecule has 1 aromatic carbocycles. The van der Waals surface area contributed by atoms with Crippen molar-refractivity contribution in [1.29, 1.82) is 0 Å². The molecule has 0 bridgehead atoms. The summed E-state index contributed by atoms with van der Waals surface area (Å²) >= 11 is 1.54. The number of thiazole rings is 1. The van der Waals surface area contributed by atoms with E-state index < -0.39 is 0 Å². The van der Waals surface area contributed by atoms with Crippen molar-refractivity contribution in [3.05, 3.63) is 65.4 Å². The summed E-state index contributed by atoms with van der Waals surface area (Å²) in [6.45, 7) is 7.52. The summed E-state index contributed by atoms with van der Waals surface area (Å²) in [4.78, 5) is 17.6. The summed E-state index contributed by atoms with van der Waals surface area (Å²) in [7, 11) is 0. The van der Waals surface area contributed by atoms with E-state index in [9.17, 15) is 0 Å². The van der Waals surface area contributed by atoms with E-state index in [0.29, 0.717) is 0 Å². The zero-order valence-corrected chi connectivity index (χ0v) is 19.4. The number of anilines is 4. The Kier molecular flexibility index (Phi) is 6.01. The monoisotopic (exact) mass is 444 g/mol. The second-order valence-electron chi connectivity index (χ2n) is 8.50. The highest BCUT2D eigenvalue weighted by Gasteiger charge is 2.12. The van der Waals surface area contributed by atoms with Gasteiger partial charge in [0, 0.05) is 18.4 Å². The first-order chi connectivity index (χ1) is 15.6. The zero-order chi connectivity index (χ0) is 21.9. The third-order valence-corrected chi connectivity index (χ3v) is 6.66. The lowest BCUT2D eigenvalue weighted by Gasteiger charge is -2.26. The normalized spacial score (nSPS) is 14.6. The van der Waals surface area contributed by atoms with E-state index in [-0.39, 0.29) is 0 Å². The van der Waals surface area contributed by atoms with E-state index in [1.54, 1.807) is 11.3 Å². The molecular formula is C25H28N6S. The fourth-order valence-electron chi connectivity index (χ4n) is 4.04. The molecule has 1 saturated heterocycles. The number of nitrogens with zero attached hydrogens (tertiary/aromatic N) is 4. The molecular weight excluding hydrogens is 416 g/mol. The predicted molar refractivity (Wildman–Crippen MR) is 133 cm³/mol. The Bertz CT molecular complexity index is 1190. The number of aryl methyl sites for hydroxylation is 2. The van der Waals surface area contributed by atoms with E-state index >= 15 is 0 Å². The zero-order valence-electron chi connectivity index (χ0n) is 18.6. The van der Waals surface area contributed by atoms with Crippen molar-refractivity contribution < 1.29 is 0 Å². The van der Waals surface area contributed by atoms with E-state index in [1.165, 1.54) is 43.5 Å². The van der Waals surface area contributed by atoms with Crippen molar-refractivity contribution >= 4 is 44.1 Å². The second kappa shape index (κ2) is 9.22. The lowest BCUT2D eigenvalue weighted by Crippen LogP contribution is -2.29. The molecule has 164 valence electrons. The molecule has 1 aliphatic heterocycles. The first-order valence-corrected chi connectivity index (χ1v) is 12.0. The van der Waals surface area contributed by atoms with Crippen LogP contribution in [0.1, 0.15) is 36.0 Å². The molecule has 32 heavy (non-hydrogen) atoms. The van der Waals surface area contributed by atoms with Crippen LogP contribution in [-0.2, 0) is 6.54 Å². The van der Waals surface area contributed by atoms with Crippen molar-refractivity contribution in [3.63, 3.8) is 0 Å². The summed E-state index contributed by atoms with van der Waals surface area (Å²) in [6, 6.07) is 14.5. The van der Waals surface area contributed by atoms with Gasteiger partial charge in [0.25, 0.3) is 0 Å². The first-order valence-electron chi connectivity index (χ1n) is 11.2. The number of benzene rings is 1. The Labute approximate surface area is 192 Å². The number of likely N-dealkylation sites (tertiary alicyclic amines) is 1. The smallest absolute Gasteiger partial charge is 0.190 e. The van der Waals surface area contributed by atoms with Gasteiger partial charge in [0.05, 0.1) is 0 Å². The number of aromatic nitrogens is 3. The molecule has 0 unspecified atom stereocenters. The van der Waals surface area contributed by atoms with Gasteiger partial charge in [0.15, 0.2) is 5.13 Å². The fraction of sp³-hybridized carbons (Fsp3) is 0.320. The minimum Gasteiger partial charge on any atom is -0.340 e. The van der Waals surface area contributed by atoms with E-state index in [2.05, 4.69) is 64.7 Å². The van der Waals surface area contributed by atoms with E-state index in [1.807, 2.05) is 18.3 Å². The quantitative estimate of drug-likeness (QED) is 0.370. The fourth-order valence-corrected chi connectivity index (χ4v) is 4.96. The molecule has 0 amide bonds. The van der Waals surface area contributed by atoms with Gasteiger partial charge in [-0.2, -0.15) is 0 Å². The van der Waals surface area contributed by atoms with Gasteiger partial charge in [-0.05, 0) is 75.2 Å². The van der Waals surface area contributed by atoms with E-state index in [0.717, 1.165) is 44.9 Å². The molecule has 7 heteroatoms. The van der Waals surface area contributed by atoms with Gasteiger partial charge in [-0.1, -0.05) is 41.5 Å². The predicted octanol–water partition coefficient (Wildman–Crippen LogP) is 6.18. The summed E-state index contributed by atoms with van der Waals surface area (Å²) in [5, 5.41) is 7.55. The molecule has 3 aromatic heterocycles. The van der Waals surface area contributed by atoms with Crippen LogP contribution in [0.5, 0.6) is 0 Å². The number of nitrogens with one attached hydrogen (secondary N) is 2. The minimum atomic E-state index is 0.805. The van der Waals surface area contributed by atoms with Crippen LogP contribution in [0.15, 0.2) is 48.7 Å². The molecule has 0 spiro atoms. The number of rotatable bonds is 6. The number of fused-ring (bicyclic) bond motifs is 1. The second-order valence-corrected chi connectivity index (χ2v) is 9.48. The standard InChI is InChI=1S/C25H28N6S/c1-17-6-9-20(10-7-17)27-22-14-18(2)23-24(28-22)32-25(30-23)29-21-11-8-19(15-26-21)16-31-12-4-3-5-13-31/h6-11,14-15H,3-5,12-13,16H2,1-2H3,(H,27,28)(H,26,29,30). The molecule has 4 aromatic rings. The highest BCUT2D eigenvalue weighted by Crippen LogP contribution is 2.31. The van der Waals surface area contributed by atoms with Gasteiger partial charge < -0.3 is 10.6 Å². The van der Waals surface area contributed by atoms with Gasteiger partial charge in [0.1, 0.15) is 22.0 Å². The van der Waals surface area contributed by atoms with E-state index in [4.69, 9.17) is 9.97 Å². The maximum absolute atomic E-state index is 4.77. The van der Waals surface area contributed by atoms with Gasteiger partial charge in [-0.25, -0.2) is 15.0 Å². The number of pyridine rings is 2. The van der Waals surface area contributed by atoms with Crippen LogP contribution in [0.4, 0.5) is 22.5 Å². The van der Waals surface area contributed by atoms with Crippen LogP contribution in [0.3, 0.4) is 0 Å². The van der Waals surface area contributed by atoms with Crippen molar-refractivity contribution in [1.82, 2.24) is 19.9 Å². The van der Waals surface area contributed by atoms with Crippen molar-refractivity contribution in [2.45, 2.75) is 39.7 Å². The van der Waals surface area contributed by atoms with Crippen molar-refractivity contribution in [2.75, 3.05) is 23.7 Å². The van der Waals surface area contributed by atoms with Crippen LogP contribution < -0.4 is 10.6 Å². The lowest BCUT2D eigenvalue weighted by atomic mass is 10.1. The third-order valence-electron chi connectivity index (χ3n) is 5.80. The van der Waals surface area contributed by atoms with Crippen LogP contribution in [0.25, 0.3) is 10.3 Å². The van der Waals surface area contributed by atoms with Crippen LogP contribution >= 0.6 is 11.3 Å². The minimum absolute atomic E-state index is 0.805. The molecule has 0 radical (unpaired) electrons. The molecule has 1 aliphatic rings. The summed E-state index contributed by atoms with van der Waals surface area (Å²) < 4.78 is 0. The van der Waals surface area contributed by atoms with Gasteiger partial charge >= 0.3 is 0 Å². The molecule has 5 rings (SSSR count). The SMILES string of the molecule is Cc1ccc(Nc2cc(C)c3nc(Nc4ccc(CN5CCCCC5)cn4)sc3n2)cc1.